The molecule has 294 valence electrons. The molecule has 4 heterocycles. The van der Waals surface area contributed by atoms with Crippen LogP contribution in [0.25, 0.3) is 44.2 Å². The highest BCUT2D eigenvalue weighted by atomic mass is 16.5. The Kier molecular flexibility index (Phi) is 11.0. The molecule has 2 aromatic heterocycles. The first kappa shape index (κ1) is 38.4. The number of carbonyl (C=O) groups excluding carboxylic acids is 4. The third-order valence-corrected chi connectivity index (χ3v) is 11.1. The summed E-state index contributed by atoms with van der Waals surface area (Å²) >= 11 is 0. The first-order valence-electron chi connectivity index (χ1n) is 19.3. The molecule has 56 heavy (non-hydrogen) atoms. The van der Waals surface area contributed by atoms with E-state index in [0.29, 0.717) is 13.1 Å². The van der Waals surface area contributed by atoms with Crippen LogP contribution in [0.4, 0.5) is 9.59 Å². The van der Waals surface area contributed by atoms with E-state index < -0.39 is 24.3 Å². The maximum Gasteiger partial charge on any atom is 0.407 e. The fourth-order valence-corrected chi connectivity index (χ4v) is 8.00. The van der Waals surface area contributed by atoms with Crippen LogP contribution in [0.1, 0.15) is 77.1 Å². The highest BCUT2D eigenvalue weighted by Gasteiger charge is 2.39. The van der Waals surface area contributed by atoms with Gasteiger partial charge in [0.2, 0.25) is 11.8 Å². The summed E-state index contributed by atoms with van der Waals surface area (Å²) < 4.78 is 9.54. The Morgan fingerprint density at radius 3 is 1.79 bits per heavy atom. The van der Waals surface area contributed by atoms with Gasteiger partial charge >= 0.3 is 12.2 Å². The number of hydrogen-bond acceptors (Lipinski definition) is 8. The molecule has 0 bridgehead atoms. The lowest BCUT2D eigenvalue weighted by atomic mass is 9.99. The number of benzene rings is 3. The van der Waals surface area contributed by atoms with Crippen molar-refractivity contribution in [3.63, 3.8) is 0 Å². The predicted molar refractivity (Wildman–Crippen MR) is 212 cm³/mol. The number of likely N-dealkylation sites (tertiary alicyclic amines) is 2. The van der Waals surface area contributed by atoms with Gasteiger partial charge in [0.25, 0.3) is 0 Å². The molecule has 0 radical (unpaired) electrons. The van der Waals surface area contributed by atoms with Crippen molar-refractivity contribution in [2.24, 2.45) is 11.8 Å². The summed E-state index contributed by atoms with van der Waals surface area (Å²) in [5.74, 6) is 0.963. The zero-order valence-corrected chi connectivity index (χ0v) is 32.7. The van der Waals surface area contributed by atoms with Crippen molar-refractivity contribution in [3.8, 4) is 22.4 Å². The molecule has 4 amide bonds. The topological polar surface area (TPSA) is 175 Å². The number of methoxy groups -OCH3 is 2. The van der Waals surface area contributed by atoms with Gasteiger partial charge in [-0.3, -0.25) is 9.59 Å². The molecule has 4 unspecified atom stereocenters. The molecule has 2 fully saturated rings. The first-order valence-corrected chi connectivity index (χ1v) is 19.3. The number of aromatic nitrogens is 4. The van der Waals surface area contributed by atoms with Crippen molar-refractivity contribution in [2.45, 2.75) is 77.5 Å². The monoisotopic (exact) mass is 762 g/mol. The summed E-state index contributed by atoms with van der Waals surface area (Å²) in [7, 11) is 2.58. The lowest BCUT2D eigenvalue weighted by Gasteiger charge is -2.30. The third-order valence-electron chi connectivity index (χ3n) is 11.1. The van der Waals surface area contributed by atoms with Gasteiger partial charge in [0.1, 0.15) is 23.7 Å². The molecule has 7 rings (SSSR count). The average Bonchev–Trinajstić information content (AvgIpc) is 4.03. The second-order valence-electron chi connectivity index (χ2n) is 15.4. The molecule has 2 saturated heterocycles. The highest BCUT2D eigenvalue weighted by molar-refractivity contribution is 5.92. The normalized spacial score (nSPS) is 18.1. The molecule has 3 aromatic carbocycles. The summed E-state index contributed by atoms with van der Waals surface area (Å²) in [5.41, 5.74) is 5.65. The number of aromatic amines is 2. The molecule has 2 aliphatic heterocycles. The third kappa shape index (κ3) is 7.64. The number of ether oxygens (including phenoxy) is 2. The zero-order chi connectivity index (χ0) is 39.7. The Morgan fingerprint density at radius 1 is 0.696 bits per heavy atom. The molecular formula is C42H50N8O6. The van der Waals surface area contributed by atoms with Crippen LogP contribution in [0.5, 0.6) is 0 Å². The average molecular weight is 763 g/mol. The molecule has 2 aliphatic rings. The van der Waals surface area contributed by atoms with Crippen molar-refractivity contribution in [1.29, 1.82) is 0 Å². The highest BCUT2D eigenvalue weighted by Crippen LogP contribution is 2.36. The van der Waals surface area contributed by atoms with Gasteiger partial charge < -0.3 is 39.9 Å². The summed E-state index contributed by atoms with van der Waals surface area (Å²) in [5, 5.41) is 7.57. The first-order chi connectivity index (χ1) is 26.9. The Hall–Kier alpha value is -5.92. The summed E-state index contributed by atoms with van der Waals surface area (Å²) in [6.45, 7) is 8.80. The van der Waals surface area contributed by atoms with Gasteiger partial charge in [0.05, 0.1) is 49.2 Å². The molecule has 5 aromatic rings. The van der Waals surface area contributed by atoms with E-state index in [1.54, 1.807) is 0 Å². The number of H-pyrrole nitrogens is 2. The van der Waals surface area contributed by atoms with Crippen LogP contribution in [0.15, 0.2) is 60.8 Å². The minimum atomic E-state index is -0.693. The molecule has 14 heteroatoms. The van der Waals surface area contributed by atoms with Gasteiger partial charge in [0, 0.05) is 18.7 Å². The number of hydrogen-bond donors (Lipinski definition) is 4. The van der Waals surface area contributed by atoms with Gasteiger partial charge in [0.15, 0.2) is 0 Å². The number of amides is 4. The van der Waals surface area contributed by atoms with Crippen molar-refractivity contribution in [1.82, 2.24) is 40.4 Å². The van der Waals surface area contributed by atoms with Gasteiger partial charge in [-0.1, -0.05) is 58.0 Å². The van der Waals surface area contributed by atoms with Crippen molar-refractivity contribution in [2.75, 3.05) is 27.3 Å². The minimum absolute atomic E-state index is 0.108. The lowest BCUT2D eigenvalue weighted by molar-refractivity contribution is -0.136. The minimum Gasteiger partial charge on any atom is -0.453 e. The second kappa shape index (κ2) is 16.0. The number of nitrogens with one attached hydrogen (secondary N) is 4. The van der Waals surface area contributed by atoms with E-state index in [1.165, 1.54) is 14.2 Å². The van der Waals surface area contributed by atoms with E-state index in [1.807, 2.05) is 49.8 Å². The van der Waals surface area contributed by atoms with Gasteiger partial charge in [-0.15, -0.1) is 0 Å². The van der Waals surface area contributed by atoms with Crippen LogP contribution in [-0.4, -0.2) is 93.1 Å². The van der Waals surface area contributed by atoms with Gasteiger partial charge in [-0.25, -0.2) is 19.6 Å². The molecule has 4 N–H and O–H groups in total. The number of fused-ring (bicyclic) bond motifs is 2. The van der Waals surface area contributed by atoms with Gasteiger partial charge in [-0.2, -0.15) is 0 Å². The number of nitrogens with zero attached hydrogens (tertiary/aromatic N) is 4. The summed E-state index contributed by atoms with van der Waals surface area (Å²) in [6.07, 6.45) is 3.82. The zero-order valence-electron chi connectivity index (χ0n) is 32.7. The standard InChI is InChI=1S/C42H50N8O6/c1-23(2)35(47-41(53)55-5)39(51)49-17-7-9-33(49)37-43-22-32(46-37)29-14-13-25-19-26(11-12-27(25)20-29)28-15-16-30-31(21-28)45-38(44-30)34-10-8-18-50(34)40(52)36(24(3)4)48-42(54)56-6/h11-16,19-24,33-36H,7-10,17-18H2,1-6H3,(H,43,46)(H,44,45)(H,47,53)(H,48,54). The van der Waals surface area contributed by atoms with E-state index in [0.717, 1.165) is 81.5 Å². The molecule has 0 spiro atoms. The molecule has 14 nitrogen and oxygen atoms in total. The van der Waals surface area contributed by atoms with Crippen LogP contribution >= 0.6 is 0 Å². The molecule has 0 saturated carbocycles. The Morgan fingerprint density at radius 2 is 1.21 bits per heavy atom. The number of alkyl carbamates (subject to hydrolysis) is 2. The maximum atomic E-state index is 13.6. The van der Waals surface area contributed by atoms with Crippen LogP contribution in [0.2, 0.25) is 0 Å². The van der Waals surface area contributed by atoms with Gasteiger partial charge in [-0.05, 0) is 83.7 Å². The van der Waals surface area contributed by atoms with E-state index in [-0.39, 0.29) is 35.7 Å². The van der Waals surface area contributed by atoms with Crippen LogP contribution in [0.3, 0.4) is 0 Å². The summed E-state index contributed by atoms with van der Waals surface area (Å²) in [6, 6.07) is 17.0. The quantitative estimate of drug-likeness (QED) is 0.119. The van der Waals surface area contributed by atoms with Crippen molar-refractivity contribution < 1.29 is 28.7 Å². The second-order valence-corrected chi connectivity index (χ2v) is 15.4. The Balaban J connectivity index is 1.07. The van der Waals surface area contributed by atoms with E-state index in [9.17, 15) is 19.2 Å². The fourth-order valence-electron chi connectivity index (χ4n) is 8.00. The Bertz CT molecular complexity index is 2260. The number of rotatable bonds is 10. The fraction of sp³-hybridized carbons (Fsp3) is 0.429. The summed E-state index contributed by atoms with van der Waals surface area (Å²) in [4.78, 5) is 71.4. The number of imidazole rings is 2. The van der Waals surface area contributed by atoms with Crippen LogP contribution in [-0.2, 0) is 19.1 Å². The van der Waals surface area contributed by atoms with Crippen molar-refractivity contribution in [3.05, 3.63) is 72.4 Å². The SMILES string of the molecule is COC(=O)NC(C(=O)N1CCCC1c1ncc(-c2ccc3cc(-c4ccc5nc(C6CCCN6C(=O)C(NC(=O)OC)C(C)C)[nH]c5c4)ccc3c2)[nH]1)C(C)C. The van der Waals surface area contributed by atoms with E-state index in [2.05, 4.69) is 69.1 Å². The largest absolute Gasteiger partial charge is 0.453 e. The van der Waals surface area contributed by atoms with E-state index >= 15 is 0 Å². The molecule has 0 aliphatic carbocycles. The van der Waals surface area contributed by atoms with E-state index in [4.69, 9.17) is 19.4 Å². The predicted octanol–water partition coefficient (Wildman–Crippen LogP) is 6.86. The molecule has 4 atom stereocenters. The lowest BCUT2D eigenvalue weighted by Crippen LogP contribution is -2.51. The smallest absolute Gasteiger partial charge is 0.407 e. The Labute approximate surface area is 325 Å². The maximum absolute atomic E-state index is 13.6. The molecular weight excluding hydrogens is 713 g/mol. The van der Waals surface area contributed by atoms with Crippen LogP contribution < -0.4 is 10.6 Å². The van der Waals surface area contributed by atoms with Crippen LogP contribution in [0, 0.1) is 11.8 Å². The van der Waals surface area contributed by atoms with Crippen molar-refractivity contribution >= 4 is 45.8 Å². The number of carbonyl (C=O) groups is 4.